The Bertz CT molecular complexity index is 1420. The van der Waals surface area contributed by atoms with Crippen molar-refractivity contribution in [1.29, 1.82) is 0 Å². The van der Waals surface area contributed by atoms with Crippen LogP contribution in [-0.4, -0.2) is 15.3 Å². The fourth-order valence-electron chi connectivity index (χ4n) is 4.02. The standard InChI is InChI=1S/C20H14O2S.C11H16O/c21-19-15-7-3-1-5-13(15)9-11-17(19)23-18-12-10-14-6-2-4-8-16(14)20(18)22;1-8-6-5-7-9(10(8)12)11(2,3)4/h1-12,21-22H;5-7,12H,1-4H3. The quantitative estimate of drug-likeness (QED) is 0.236. The van der Waals surface area contributed by atoms with Crippen molar-refractivity contribution in [3.8, 4) is 17.2 Å². The van der Waals surface area contributed by atoms with Gasteiger partial charge in [0, 0.05) is 10.8 Å². The lowest BCUT2D eigenvalue weighted by molar-refractivity contribution is 0.443. The van der Waals surface area contributed by atoms with Crippen molar-refractivity contribution in [2.45, 2.75) is 42.9 Å². The molecule has 0 spiro atoms. The minimum Gasteiger partial charge on any atom is -0.507 e. The smallest absolute Gasteiger partial charge is 0.137 e. The predicted octanol–water partition coefficient (Wildman–Crippen LogP) is 8.55. The number of aromatic hydroxyl groups is 3. The van der Waals surface area contributed by atoms with Crippen molar-refractivity contribution >= 4 is 33.3 Å². The minimum absolute atomic E-state index is 0.0239. The molecule has 0 radical (unpaired) electrons. The number of rotatable bonds is 2. The third-order valence-corrected chi connectivity index (χ3v) is 7.09. The van der Waals surface area contributed by atoms with Gasteiger partial charge >= 0.3 is 0 Å². The van der Waals surface area contributed by atoms with Crippen molar-refractivity contribution in [2.75, 3.05) is 0 Å². The van der Waals surface area contributed by atoms with Gasteiger partial charge in [-0.25, -0.2) is 0 Å². The first-order valence-electron chi connectivity index (χ1n) is 11.5. The molecule has 5 aromatic carbocycles. The second-order valence-electron chi connectivity index (χ2n) is 9.59. The molecular weight excluding hydrogens is 452 g/mol. The Morgan fingerprint density at radius 3 is 1.49 bits per heavy atom. The lowest BCUT2D eigenvalue weighted by Gasteiger charge is -2.20. The van der Waals surface area contributed by atoms with E-state index in [0.29, 0.717) is 5.75 Å². The summed E-state index contributed by atoms with van der Waals surface area (Å²) < 4.78 is 0. The van der Waals surface area contributed by atoms with Gasteiger partial charge in [-0.1, -0.05) is 111 Å². The normalized spacial score (nSPS) is 11.3. The summed E-state index contributed by atoms with van der Waals surface area (Å²) in [5.41, 5.74) is 1.99. The van der Waals surface area contributed by atoms with Crippen LogP contribution in [0.15, 0.2) is 101 Å². The Morgan fingerprint density at radius 2 is 1.03 bits per heavy atom. The lowest BCUT2D eigenvalue weighted by atomic mass is 9.85. The van der Waals surface area contributed by atoms with E-state index in [-0.39, 0.29) is 16.9 Å². The molecule has 0 bridgehead atoms. The van der Waals surface area contributed by atoms with Crippen LogP contribution < -0.4 is 0 Å². The van der Waals surface area contributed by atoms with Gasteiger partial charge in [0.05, 0.1) is 9.79 Å². The fraction of sp³-hybridized carbons (Fsp3) is 0.161. The molecule has 178 valence electrons. The molecule has 0 aliphatic heterocycles. The van der Waals surface area contributed by atoms with Crippen LogP contribution in [-0.2, 0) is 5.41 Å². The van der Waals surface area contributed by atoms with E-state index < -0.39 is 0 Å². The summed E-state index contributed by atoms with van der Waals surface area (Å²) in [6.45, 7) is 8.22. The molecule has 0 aromatic heterocycles. The van der Waals surface area contributed by atoms with Crippen molar-refractivity contribution in [1.82, 2.24) is 0 Å². The van der Waals surface area contributed by atoms with Crippen LogP contribution in [0.2, 0.25) is 0 Å². The van der Waals surface area contributed by atoms with E-state index in [9.17, 15) is 15.3 Å². The maximum atomic E-state index is 10.5. The van der Waals surface area contributed by atoms with Crippen LogP contribution in [0.25, 0.3) is 21.5 Å². The van der Waals surface area contributed by atoms with Crippen LogP contribution in [0, 0.1) is 6.92 Å². The molecule has 0 aliphatic carbocycles. The zero-order chi connectivity index (χ0) is 25.2. The van der Waals surface area contributed by atoms with Crippen molar-refractivity contribution in [3.63, 3.8) is 0 Å². The Balaban J connectivity index is 0.000000204. The molecule has 0 amide bonds. The third kappa shape index (κ3) is 5.23. The van der Waals surface area contributed by atoms with Crippen molar-refractivity contribution in [2.24, 2.45) is 0 Å². The zero-order valence-corrected chi connectivity index (χ0v) is 21.2. The zero-order valence-electron chi connectivity index (χ0n) is 20.4. The maximum Gasteiger partial charge on any atom is 0.137 e. The van der Waals surface area contributed by atoms with Crippen molar-refractivity contribution in [3.05, 3.63) is 102 Å². The first-order chi connectivity index (χ1) is 16.7. The van der Waals surface area contributed by atoms with Gasteiger partial charge in [0.2, 0.25) is 0 Å². The average molecular weight is 483 g/mol. The highest BCUT2D eigenvalue weighted by Crippen LogP contribution is 2.43. The van der Waals surface area contributed by atoms with E-state index in [2.05, 4.69) is 20.8 Å². The SMILES string of the molecule is Cc1cccc(C(C)(C)C)c1O.Oc1c(Sc2ccc3ccccc3c2O)ccc2ccccc12. The number of hydrogen-bond acceptors (Lipinski definition) is 4. The number of phenolic OH excluding ortho intramolecular Hbond substituents is 3. The van der Waals surface area contributed by atoms with Gasteiger partial charge in [-0.2, -0.15) is 0 Å². The summed E-state index contributed by atoms with van der Waals surface area (Å²) >= 11 is 1.37. The lowest BCUT2D eigenvalue weighted by Crippen LogP contribution is -2.11. The van der Waals surface area contributed by atoms with Gasteiger partial charge in [0.1, 0.15) is 17.2 Å². The molecule has 0 saturated heterocycles. The number of fused-ring (bicyclic) bond motifs is 2. The van der Waals surface area contributed by atoms with Gasteiger partial charge in [0.25, 0.3) is 0 Å². The first kappa shape index (κ1) is 24.5. The first-order valence-corrected chi connectivity index (χ1v) is 12.4. The van der Waals surface area contributed by atoms with Gasteiger partial charge in [-0.05, 0) is 46.4 Å². The molecule has 4 heteroatoms. The number of aryl methyl sites for hydroxylation is 1. The van der Waals surface area contributed by atoms with Crippen molar-refractivity contribution < 1.29 is 15.3 Å². The number of hydrogen-bond donors (Lipinski definition) is 3. The molecule has 35 heavy (non-hydrogen) atoms. The van der Waals surface area contributed by atoms with Gasteiger partial charge in [0.15, 0.2) is 0 Å². The highest BCUT2D eigenvalue weighted by molar-refractivity contribution is 7.99. The van der Waals surface area contributed by atoms with Crippen LogP contribution in [0.4, 0.5) is 0 Å². The van der Waals surface area contributed by atoms with Crippen LogP contribution in [0.3, 0.4) is 0 Å². The van der Waals surface area contributed by atoms with Crippen LogP contribution in [0.5, 0.6) is 17.2 Å². The van der Waals surface area contributed by atoms with Crippen LogP contribution >= 0.6 is 11.8 Å². The molecule has 0 heterocycles. The van der Waals surface area contributed by atoms with E-state index in [1.807, 2.05) is 97.9 Å². The summed E-state index contributed by atoms with van der Waals surface area (Å²) in [5.74, 6) is 0.936. The fourth-order valence-corrected chi connectivity index (χ4v) is 4.94. The number of para-hydroxylation sites is 1. The van der Waals surface area contributed by atoms with Gasteiger partial charge in [-0.3, -0.25) is 0 Å². The Morgan fingerprint density at radius 1 is 0.543 bits per heavy atom. The minimum atomic E-state index is 0.0239. The van der Waals surface area contributed by atoms with E-state index in [4.69, 9.17) is 0 Å². The highest BCUT2D eigenvalue weighted by atomic mass is 32.2. The monoisotopic (exact) mass is 482 g/mol. The molecular formula is C31H30O3S. The summed E-state index contributed by atoms with van der Waals surface area (Å²) in [6.07, 6.45) is 0. The molecule has 3 nitrogen and oxygen atoms in total. The average Bonchev–Trinajstić information content (AvgIpc) is 2.84. The van der Waals surface area contributed by atoms with E-state index in [1.54, 1.807) is 0 Å². The largest absolute Gasteiger partial charge is 0.507 e. The maximum absolute atomic E-state index is 10.5. The van der Waals surface area contributed by atoms with Crippen LogP contribution in [0.1, 0.15) is 31.9 Å². The molecule has 5 aromatic rings. The molecule has 0 aliphatic rings. The molecule has 5 rings (SSSR count). The molecule has 0 atom stereocenters. The van der Waals surface area contributed by atoms with Gasteiger partial charge in [-0.15, -0.1) is 0 Å². The van der Waals surface area contributed by atoms with E-state index in [1.165, 1.54) is 11.8 Å². The number of phenols is 3. The summed E-state index contributed by atoms with van der Waals surface area (Å²) in [4.78, 5) is 1.46. The Kier molecular flexibility index (Phi) is 6.95. The third-order valence-electron chi connectivity index (χ3n) is 5.99. The van der Waals surface area contributed by atoms with Gasteiger partial charge < -0.3 is 15.3 Å². The summed E-state index contributed by atoms with van der Waals surface area (Å²) in [6, 6.07) is 29.1. The Labute approximate surface area is 210 Å². The van der Waals surface area contributed by atoms with E-state index in [0.717, 1.165) is 42.5 Å². The Hall–Kier alpha value is -3.63. The molecule has 3 N–H and O–H groups in total. The predicted molar refractivity (Wildman–Crippen MR) is 147 cm³/mol. The molecule has 0 saturated carbocycles. The number of benzene rings is 5. The summed E-state index contributed by atoms with van der Waals surface area (Å²) in [5, 5.41) is 34.4. The highest BCUT2D eigenvalue weighted by Gasteiger charge is 2.18. The molecule has 0 unspecified atom stereocenters. The topological polar surface area (TPSA) is 60.7 Å². The second-order valence-corrected chi connectivity index (χ2v) is 10.7. The second kappa shape index (κ2) is 9.93. The van der Waals surface area contributed by atoms with E-state index >= 15 is 0 Å². The summed E-state index contributed by atoms with van der Waals surface area (Å²) in [7, 11) is 0. The molecule has 0 fully saturated rings.